The van der Waals surface area contributed by atoms with E-state index in [1.807, 2.05) is 22.6 Å². The van der Waals surface area contributed by atoms with Crippen LogP contribution in [-0.4, -0.2) is 12.6 Å². The minimum Gasteiger partial charge on any atom is -0.449 e. The Bertz CT molecular complexity index is 186. The van der Waals surface area contributed by atoms with Gasteiger partial charge in [0.25, 0.3) is 0 Å². The fourth-order valence-corrected chi connectivity index (χ4v) is 0.474. The van der Waals surface area contributed by atoms with Crippen molar-refractivity contribution in [1.29, 1.82) is 0 Å². The summed E-state index contributed by atoms with van der Waals surface area (Å²) < 4.78 is 7.20. The maximum Gasteiger partial charge on any atom is 0.331 e. The second-order valence-electron chi connectivity index (χ2n) is 1.38. The average Bonchev–Trinajstić information content (AvgIpc) is 1.89. The molecule has 0 saturated carbocycles. The number of carbonyl (C=O) groups excluding carboxylic acids is 1. The predicted molar refractivity (Wildman–Crippen MR) is 47.6 cm³/mol. The SMILES string of the molecule is CC=CC(=O)OCC#CI. The molecule has 3 heteroatoms. The number of hydrogen-bond donors (Lipinski definition) is 0. The number of rotatable bonds is 2. The van der Waals surface area contributed by atoms with Crippen molar-refractivity contribution in [1.82, 2.24) is 0 Å². The third kappa shape index (κ3) is 5.63. The molecule has 0 fully saturated rings. The number of halogens is 1. The Hall–Kier alpha value is -0.500. The first-order valence-electron chi connectivity index (χ1n) is 2.69. The van der Waals surface area contributed by atoms with Crippen LogP contribution in [0, 0.1) is 9.85 Å². The summed E-state index contributed by atoms with van der Waals surface area (Å²) in [6.45, 7) is 1.93. The summed E-state index contributed by atoms with van der Waals surface area (Å²) in [5, 5.41) is 0. The first-order valence-corrected chi connectivity index (χ1v) is 3.77. The lowest BCUT2D eigenvalue weighted by Gasteiger charge is -1.91. The molecule has 0 aromatic rings. The molecule has 0 saturated heterocycles. The molecule has 0 aromatic carbocycles. The summed E-state index contributed by atoms with van der Waals surface area (Å²) in [7, 11) is 0. The van der Waals surface area contributed by atoms with E-state index in [0.717, 1.165) is 0 Å². The van der Waals surface area contributed by atoms with E-state index in [1.165, 1.54) is 6.08 Å². The van der Waals surface area contributed by atoms with Crippen molar-refractivity contribution >= 4 is 28.6 Å². The molecule has 0 N–H and O–H groups in total. The van der Waals surface area contributed by atoms with Gasteiger partial charge in [0, 0.05) is 28.7 Å². The Morgan fingerprint density at radius 3 is 3.00 bits per heavy atom. The Kier molecular flexibility index (Phi) is 6.29. The quantitative estimate of drug-likeness (QED) is 0.321. The molecular formula is C7H7IO2. The van der Waals surface area contributed by atoms with Crippen molar-refractivity contribution in [2.75, 3.05) is 6.61 Å². The van der Waals surface area contributed by atoms with Gasteiger partial charge in [-0.25, -0.2) is 4.79 Å². The second kappa shape index (κ2) is 6.62. The molecule has 0 heterocycles. The molecule has 0 atom stereocenters. The van der Waals surface area contributed by atoms with Gasteiger partial charge in [0.15, 0.2) is 6.61 Å². The summed E-state index contributed by atoms with van der Waals surface area (Å²) in [6, 6.07) is 0. The zero-order valence-corrected chi connectivity index (χ0v) is 7.71. The predicted octanol–water partition coefficient (Wildman–Crippen LogP) is 1.50. The Balaban J connectivity index is 3.46. The van der Waals surface area contributed by atoms with E-state index in [4.69, 9.17) is 0 Å². The van der Waals surface area contributed by atoms with Gasteiger partial charge in [0.1, 0.15) is 0 Å². The minimum atomic E-state index is -0.346. The molecule has 54 valence electrons. The normalized spacial score (nSPS) is 8.60. The second-order valence-corrected chi connectivity index (χ2v) is 1.92. The molecule has 0 aliphatic carbocycles. The smallest absolute Gasteiger partial charge is 0.331 e. The molecule has 0 amide bonds. The van der Waals surface area contributed by atoms with Gasteiger partial charge in [-0.2, -0.15) is 0 Å². The van der Waals surface area contributed by atoms with Gasteiger partial charge in [0.05, 0.1) is 0 Å². The Morgan fingerprint density at radius 2 is 2.50 bits per heavy atom. The van der Waals surface area contributed by atoms with E-state index in [2.05, 4.69) is 14.6 Å². The molecule has 0 aliphatic heterocycles. The van der Waals surface area contributed by atoms with Gasteiger partial charge >= 0.3 is 5.97 Å². The van der Waals surface area contributed by atoms with Gasteiger partial charge in [-0.3, -0.25) is 0 Å². The largest absolute Gasteiger partial charge is 0.449 e. The van der Waals surface area contributed by atoms with E-state index in [1.54, 1.807) is 13.0 Å². The summed E-state index contributed by atoms with van der Waals surface area (Å²) in [5.41, 5.74) is 0. The van der Waals surface area contributed by atoms with E-state index in [9.17, 15) is 4.79 Å². The molecule has 0 aliphatic rings. The maximum absolute atomic E-state index is 10.5. The zero-order chi connectivity index (χ0) is 7.82. The fraction of sp³-hybridized carbons (Fsp3) is 0.286. The molecule has 0 rings (SSSR count). The van der Waals surface area contributed by atoms with Crippen LogP contribution in [-0.2, 0) is 9.53 Å². The van der Waals surface area contributed by atoms with Gasteiger partial charge in [0.2, 0.25) is 0 Å². The first-order chi connectivity index (χ1) is 4.81. The van der Waals surface area contributed by atoms with Crippen molar-refractivity contribution in [3.8, 4) is 9.85 Å². The van der Waals surface area contributed by atoms with Crippen LogP contribution in [0.4, 0.5) is 0 Å². The number of allylic oxidation sites excluding steroid dienone is 1. The van der Waals surface area contributed by atoms with Gasteiger partial charge < -0.3 is 4.74 Å². The highest BCUT2D eigenvalue weighted by Crippen LogP contribution is 1.80. The minimum absolute atomic E-state index is 0.173. The summed E-state index contributed by atoms with van der Waals surface area (Å²) in [6.07, 6.45) is 2.98. The molecule has 0 radical (unpaired) electrons. The third-order valence-corrected chi connectivity index (χ3v) is 1.04. The van der Waals surface area contributed by atoms with Crippen molar-refractivity contribution in [3.05, 3.63) is 12.2 Å². The van der Waals surface area contributed by atoms with E-state index >= 15 is 0 Å². The summed E-state index contributed by atoms with van der Waals surface area (Å²) in [4.78, 5) is 10.5. The van der Waals surface area contributed by atoms with Crippen molar-refractivity contribution in [2.45, 2.75) is 6.92 Å². The van der Waals surface area contributed by atoms with Crippen LogP contribution in [0.3, 0.4) is 0 Å². The van der Waals surface area contributed by atoms with Gasteiger partial charge in [-0.1, -0.05) is 12.0 Å². The molecule has 0 aromatic heterocycles. The molecular weight excluding hydrogens is 243 g/mol. The van der Waals surface area contributed by atoms with Crippen molar-refractivity contribution in [3.63, 3.8) is 0 Å². The molecule has 0 bridgehead atoms. The highest BCUT2D eigenvalue weighted by atomic mass is 127. The number of carbonyl (C=O) groups is 1. The van der Waals surface area contributed by atoms with Crippen LogP contribution in [0.2, 0.25) is 0 Å². The molecule has 0 spiro atoms. The molecule has 2 nitrogen and oxygen atoms in total. The Morgan fingerprint density at radius 1 is 1.80 bits per heavy atom. The lowest BCUT2D eigenvalue weighted by molar-refractivity contribution is -0.136. The van der Waals surface area contributed by atoms with Gasteiger partial charge in [-0.15, -0.1) is 0 Å². The van der Waals surface area contributed by atoms with Crippen LogP contribution < -0.4 is 0 Å². The molecule has 10 heavy (non-hydrogen) atoms. The molecule has 0 unspecified atom stereocenters. The first kappa shape index (κ1) is 9.50. The fourth-order valence-electron chi connectivity index (χ4n) is 0.319. The van der Waals surface area contributed by atoms with E-state index < -0.39 is 0 Å². The lowest BCUT2D eigenvalue weighted by atomic mass is 10.5. The van der Waals surface area contributed by atoms with Crippen molar-refractivity contribution < 1.29 is 9.53 Å². The number of ether oxygens (including phenoxy) is 1. The van der Waals surface area contributed by atoms with Crippen LogP contribution in [0.1, 0.15) is 6.92 Å². The summed E-state index contributed by atoms with van der Waals surface area (Å²) in [5.74, 6) is 2.25. The maximum atomic E-state index is 10.5. The third-order valence-electron chi connectivity index (χ3n) is 0.656. The monoisotopic (exact) mass is 250 g/mol. The Labute approximate surface area is 73.8 Å². The summed E-state index contributed by atoms with van der Waals surface area (Å²) >= 11 is 1.89. The van der Waals surface area contributed by atoms with Crippen LogP contribution in [0.15, 0.2) is 12.2 Å². The van der Waals surface area contributed by atoms with E-state index in [0.29, 0.717) is 0 Å². The van der Waals surface area contributed by atoms with Crippen LogP contribution in [0.5, 0.6) is 0 Å². The lowest BCUT2D eigenvalue weighted by Crippen LogP contribution is -1.99. The number of hydrogen-bond acceptors (Lipinski definition) is 2. The highest BCUT2D eigenvalue weighted by molar-refractivity contribution is 14.1. The average molecular weight is 250 g/mol. The van der Waals surface area contributed by atoms with Crippen LogP contribution >= 0.6 is 22.6 Å². The van der Waals surface area contributed by atoms with Gasteiger partial charge in [-0.05, 0) is 10.9 Å². The number of esters is 1. The van der Waals surface area contributed by atoms with Crippen LogP contribution in [0.25, 0.3) is 0 Å². The topological polar surface area (TPSA) is 26.3 Å². The van der Waals surface area contributed by atoms with Crippen molar-refractivity contribution in [2.24, 2.45) is 0 Å². The van der Waals surface area contributed by atoms with E-state index in [-0.39, 0.29) is 12.6 Å². The zero-order valence-electron chi connectivity index (χ0n) is 5.56. The standard InChI is InChI=1S/C7H7IO2/c1-2-4-7(9)10-6-3-5-8/h2,4H,6H2,1H3. The highest BCUT2D eigenvalue weighted by Gasteiger charge is 1.90.